The van der Waals surface area contributed by atoms with Crippen molar-refractivity contribution >= 4 is 17.9 Å². The second-order valence-electron chi connectivity index (χ2n) is 8.95. The summed E-state index contributed by atoms with van der Waals surface area (Å²) >= 11 is 0. The van der Waals surface area contributed by atoms with Crippen LogP contribution in [-0.2, 0) is 46.3 Å². The first-order valence-corrected chi connectivity index (χ1v) is 12.3. The van der Waals surface area contributed by atoms with Gasteiger partial charge in [0.05, 0.1) is 12.2 Å². The van der Waals surface area contributed by atoms with Crippen molar-refractivity contribution < 1.29 is 33.3 Å². The smallest absolute Gasteiger partial charge is 0.334 e. The number of esters is 3. The van der Waals surface area contributed by atoms with E-state index in [-0.39, 0.29) is 18.1 Å². The molecule has 0 aliphatic carbocycles. The number of rotatable bonds is 9. The Morgan fingerprint density at radius 3 is 2.38 bits per heavy atom. The number of carbonyl (C=O) groups excluding carboxylic acids is 3. The molecule has 0 saturated carbocycles. The molecule has 12 heteroatoms. The van der Waals surface area contributed by atoms with Gasteiger partial charge in [0.15, 0.2) is 18.1 Å². The van der Waals surface area contributed by atoms with Crippen molar-refractivity contribution in [1.29, 1.82) is 0 Å². The number of hydrogen-bond donors (Lipinski definition) is 0. The third-order valence-electron chi connectivity index (χ3n) is 5.83. The van der Waals surface area contributed by atoms with Gasteiger partial charge in [-0.3, -0.25) is 33.3 Å². The molecule has 40 heavy (non-hydrogen) atoms. The number of benzene rings is 1. The summed E-state index contributed by atoms with van der Waals surface area (Å²) in [4.78, 5) is 65.7. The number of ether oxygens (including phenoxy) is 4. The highest BCUT2D eigenvalue weighted by Crippen LogP contribution is 2.35. The molecule has 1 aromatic carbocycles. The first kappa shape index (κ1) is 28.0. The van der Waals surface area contributed by atoms with Crippen LogP contribution in [-0.4, -0.2) is 44.7 Å². The lowest BCUT2D eigenvalue weighted by atomic mass is 10.1. The van der Waals surface area contributed by atoms with Crippen LogP contribution in [0, 0.1) is 0 Å². The predicted molar refractivity (Wildman–Crippen MR) is 139 cm³/mol. The molecule has 1 unspecified atom stereocenters. The van der Waals surface area contributed by atoms with E-state index in [0.717, 1.165) is 40.2 Å². The summed E-state index contributed by atoms with van der Waals surface area (Å²) in [5.74, 6) is -2.50. The lowest BCUT2D eigenvalue weighted by Crippen LogP contribution is -2.43. The van der Waals surface area contributed by atoms with Gasteiger partial charge in [0.25, 0.3) is 5.56 Å². The van der Waals surface area contributed by atoms with Crippen LogP contribution in [0.4, 0.5) is 0 Å². The molecular weight excluding hydrogens is 522 g/mol. The zero-order valence-corrected chi connectivity index (χ0v) is 22.1. The largest absolute Gasteiger partial charge is 0.462 e. The SMILES string of the molecule is CC(=O)OCC1=C(OC(C)=O)C(OC(C)=O)[C@H](n2ccc(=O)n(Cc3cc(Cc4ccccc4)ccn3)c2=O)O1. The quantitative estimate of drug-likeness (QED) is 0.286. The third kappa shape index (κ3) is 6.70. The van der Waals surface area contributed by atoms with Crippen LogP contribution in [0.15, 0.2) is 82.0 Å². The van der Waals surface area contributed by atoms with E-state index in [9.17, 15) is 24.0 Å². The zero-order valence-electron chi connectivity index (χ0n) is 22.1. The van der Waals surface area contributed by atoms with Gasteiger partial charge in [-0.1, -0.05) is 30.3 Å². The summed E-state index contributed by atoms with van der Waals surface area (Å²) in [5, 5.41) is 0. The van der Waals surface area contributed by atoms with Gasteiger partial charge in [0.2, 0.25) is 12.3 Å². The molecule has 4 rings (SSSR count). The van der Waals surface area contributed by atoms with E-state index in [2.05, 4.69) is 4.98 Å². The van der Waals surface area contributed by atoms with E-state index < -0.39 is 48.1 Å². The number of pyridine rings is 1. The summed E-state index contributed by atoms with van der Waals surface area (Å²) in [6.07, 6.45) is 0.679. The lowest BCUT2D eigenvalue weighted by Gasteiger charge is -2.22. The Morgan fingerprint density at radius 2 is 1.70 bits per heavy atom. The molecular formula is C28H27N3O9. The van der Waals surface area contributed by atoms with Gasteiger partial charge in [-0.05, 0) is 29.7 Å². The first-order chi connectivity index (χ1) is 19.1. The molecule has 3 aromatic rings. The molecule has 0 amide bonds. The Hall–Kier alpha value is -5.00. The number of hydrogen-bond acceptors (Lipinski definition) is 10. The molecule has 3 heterocycles. The minimum absolute atomic E-state index is 0.124. The molecule has 1 aliphatic rings. The molecule has 0 spiro atoms. The normalized spacial score (nSPS) is 16.3. The van der Waals surface area contributed by atoms with Crippen molar-refractivity contribution in [3.05, 3.63) is 110 Å². The topological polar surface area (TPSA) is 145 Å². The van der Waals surface area contributed by atoms with Crippen molar-refractivity contribution in [3.63, 3.8) is 0 Å². The van der Waals surface area contributed by atoms with Crippen molar-refractivity contribution in [2.24, 2.45) is 0 Å². The maximum absolute atomic E-state index is 13.6. The fourth-order valence-electron chi connectivity index (χ4n) is 4.18. The summed E-state index contributed by atoms with van der Waals surface area (Å²) in [6, 6.07) is 14.6. The van der Waals surface area contributed by atoms with Gasteiger partial charge in [0.1, 0.15) is 0 Å². The van der Waals surface area contributed by atoms with Crippen LogP contribution in [0.1, 0.15) is 43.8 Å². The van der Waals surface area contributed by atoms with E-state index in [1.54, 1.807) is 6.20 Å². The van der Waals surface area contributed by atoms with Gasteiger partial charge in [0, 0.05) is 39.2 Å². The van der Waals surface area contributed by atoms with Crippen molar-refractivity contribution in [3.8, 4) is 0 Å². The highest BCUT2D eigenvalue weighted by atomic mass is 16.6. The van der Waals surface area contributed by atoms with Crippen LogP contribution < -0.4 is 11.2 Å². The second-order valence-corrected chi connectivity index (χ2v) is 8.95. The van der Waals surface area contributed by atoms with Crippen LogP contribution in [0.3, 0.4) is 0 Å². The fourth-order valence-corrected chi connectivity index (χ4v) is 4.18. The summed E-state index contributed by atoms with van der Waals surface area (Å²) < 4.78 is 23.4. The Morgan fingerprint density at radius 1 is 0.950 bits per heavy atom. The predicted octanol–water partition coefficient (Wildman–Crippen LogP) is 1.84. The summed E-state index contributed by atoms with van der Waals surface area (Å²) in [5.41, 5.74) is 1.13. The van der Waals surface area contributed by atoms with E-state index in [1.807, 2.05) is 42.5 Å². The molecule has 1 aliphatic heterocycles. The highest BCUT2D eigenvalue weighted by molar-refractivity contribution is 5.69. The third-order valence-corrected chi connectivity index (χ3v) is 5.83. The van der Waals surface area contributed by atoms with Gasteiger partial charge < -0.3 is 18.9 Å². The molecule has 12 nitrogen and oxygen atoms in total. The average Bonchev–Trinajstić information content (AvgIpc) is 3.21. The Kier molecular flexibility index (Phi) is 8.57. The number of carbonyl (C=O) groups is 3. The minimum atomic E-state index is -1.39. The molecule has 0 N–H and O–H groups in total. The minimum Gasteiger partial charge on any atom is -0.462 e. The van der Waals surface area contributed by atoms with Crippen molar-refractivity contribution in [2.75, 3.05) is 6.61 Å². The summed E-state index contributed by atoms with van der Waals surface area (Å²) in [7, 11) is 0. The van der Waals surface area contributed by atoms with Crippen LogP contribution in [0.25, 0.3) is 0 Å². The average molecular weight is 550 g/mol. The van der Waals surface area contributed by atoms with E-state index >= 15 is 0 Å². The van der Waals surface area contributed by atoms with E-state index in [1.165, 1.54) is 13.1 Å². The van der Waals surface area contributed by atoms with Gasteiger partial charge in [-0.15, -0.1) is 0 Å². The Labute approximate surface area is 228 Å². The van der Waals surface area contributed by atoms with E-state index in [4.69, 9.17) is 18.9 Å². The Bertz CT molecular complexity index is 1570. The van der Waals surface area contributed by atoms with Gasteiger partial charge >= 0.3 is 23.6 Å². The molecule has 0 radical (unpaired) electrons. The summed E-state index contributed by atoms with van der Waals surface area (Å²) in [6.45, 7) is 2.84. The molecule has 0 bridgehead atoms. The first-order valence-electron chi connectivity index (χ1n) is 12.3. The van der Waals surface area contributed by atoms with Gasteiger partial charge in [-0.2, -0.15) is 0 Å². The molecule has 208 valence electrons. The van der Waals surface area contributed by atoms with Crippen LogP contribution in [0.5, 0.6) is 0 Å². The number of nitrogens with zero attached hydrogens (tertiary/aromatic N) is 3. The Balaban J connectivity index is 1.67. The monoisotopic (exact) mass is 549 g/mol. The van der Waals surface area contributed by atoms with Crippen molar-refractivity contribution in [2.45, 2.75) is 46.1 Å². The lowest BCUT2D eigenvalue weighted by molar-refractivity contribution is -0.156. The van der Waals surface area contributed by atoms with Gasteiger partial charge in [-0.25, -0.2) is 4.79 Å². The molecule has 0 saturated heterocycles. The van der Waals surface area contributed by atoms with Crippen LogP contribution >= 0.6 is 0 Å². The van der Waals surface area contributed by atoms with Crippen molar-refractivity contribution in [1.82, 2.24) is 14.1 Å². The van der Waals surface area contributed by atoms with E-state index in [0.29, 0.717) is 12.1 Å². The maximum atomic E-state index is 13.6. The van der Waals surface area contributed by atoms with Crippen LogP contribution in [0.2, 0.25) is 0 Å². The second kappa shape index (κ2) is 12.2. The molecule has 2 atom stereocenters. The standard InChI is InChI=1S/C28H27N3O9/c1-17(32)37-16-23-25(38-18(2)33)26(39-19(3)34)27(40-23)30-12-10-24(35)31(28(30)36)15-22-14-21(9-11-29-22)13-20-7-5-4-6-8-20/h4-12,14,26-27H,13,15-16H2,1-3H3/t26?,27-/m1/s1. The number of aromatic nitrogens is 3. The maximum Gasteiger partial charge on any atom is 0.334 e. The zero-order chi connectivity index (χ0) is 28.8. The molecule has 0 fully saturated rings. The molecule has 2 aromatic heterocycles. The fraction of sp³-hybridized carbons (Fsp3) is 0.286. The highest BCUT2D eigenvalue weighted by Gasteiger charge is 2.44.